The van der Waals surface area contributed by atoms with Gasteiger partial charge in [-0.25, -0.2) is 4.98 Å². The number of anilines is 1. The van der Waals surface area contributed by atoms with Crippen molar-refractivity contribution in [2.45, 2.75) is 20.3 Å². The van der Waals surface area contributed by atoms with Gasteiger partial charge in [0.15, 0.2) is 10.9 Å². The number of pyridine rings is 1. The van der Waals surface area contributed by atoms with Crippen LogP contribution >= 0.6 is 11.6 Å². The van der Waals surface area contributed by atoms with Crippen LogP contribution in [0.25, 0.3) is 0 Å². The molecule has 118 valence electrons. The number of halogens is 1. The Morgan fingerprint density at radius 3 is 2.91 bits per heavy atom. The van der Waals surface area contributed by atoms with Gasteiger partial charge >= 0.3 is 0 Å². The number of hydrogen-bond donors (Lipinski definition) is 2. The highest BCUT2D eigenvalue weighted by Crippen LogP contribution is 2.41. The van der Waals surface area contributed by atoms with E-state index in [1.165, 1.54) is 6.20 Å². The number of amides is 1. The Kier molecular flexibility index (Phi) is 4.92. The van der Waals surface area contributed by atoms with Crippen molar-refractivity contribution in [1.29, 1.82) is 0 Å². The number of carbonyl (C=O) groups is 1. The van der Waals surface area contributed by atoms with E-state index in [1.807, 2.05) is 13.0 Å². The van der Waals surface area contributed by atoms with Gasteiger partial charge in [-0.15, -0.1) is 0 Å². The highest BCUT2D eigenvalue weighted by atomic mass is 35.5. The second-order valence-corrected chi connectivity index (χ2v) is 4.94. The highest BCUT2D eigenvalue weighted by Gasteiger charge is 2.27. The van der Waals surface area contributed by atoms with Crippen LogP contribution in [0.3, 0.4) is 0 Å². The van der Waals surface area contributed by atoms with E-state index in [-0.39, 0.29) is 11.1 Å². The summed E-state index contributed by atoms with van der Waals surface area (Å²) in [4.78, 5) is 16.0. The highest BCUT2D eigenvalue weighted by molar-refractivity contribution is 6.31. The zero-order chi connectivity index (χ0) is 16.3. The van der Waals surface area contributed by atoms with Gasteiger partial charge in [-0.05, 0) is 19.4 Å². The van der Waals surface area contributed by atoms with Crippen molar-refractivity contribution in [3.63, 3.8) is 0 Å². The maximum atomic E-state index is 12.0. The lowest BCUT2D eigenvalue weighted by atomic mass is 10.1. The van der Waals surface area contributed by atoms with Crippen molar-refractivity contribution < 1.29 is 14.3 Å². The Morgan fingerprint density at radius 2 is 2.32 bits per heavy atom. The molecule has 0 bridgehead atoms. The normalized spacial score (nSPS) is 14.0. The van der Waals surface area contributed by atoms with Crippen LogP contribution in [0, 0.1) is 0 Å². The van der Waals surface area contributed by atoms with Gasteiger partial charge in [0.1, 0.15) is 17.2 Å². The Bertz CT molecular complexity index is 668. The molecule has 2 heterocycles. The summed E-state index contributed by atoms with van der Waals surface area (Å²) in [5, 5.41) is 5.94. The molecule has 7 heteroatoms. The van der Waals surface area contributed by atoms with Gasteiger partial charge in [-0.2, -0.15) is 0 Å². The van der Waals surface area contributed by atoms with E-state index in [1.54, 1.807) is 21.1 Å². The number of nitrogens with zero attached hydrogens (tertiary/aromatic N) is 1. The van der Waals surface area contributed by atoms with E-state index in [0.717, 1.165) is 6.42 Å². The van der Waals surface area contributed by atoms with E-state index in [9.17, 15) is 4.79 Å². The third-order valence-corrected chi connectivity index (χ3v) is 3.44. The molecule has 1 aromatic heterocycles. The van der Waals surface area contributed by atoms with Gasteiger partial charge in [-0.1, -0.05) is 18.5 Å². The number of allylic oxidation sites excluding steroid dienone is 2. The van der Waals surface area contributed by atoms with E-state index in [0.29, 0.717) is 34.2 Å². The molecular formula is C15H18ClN3O3. The van der Waals surface area contributed by atoms with Crippen molar-refractivity contribution in [1.82, 2.24) is 10.3 Å². The molecule has 0 saturated heterocycles. The maximum Gasteiger partial charge on any atom is 0.254 e. The number of ether oxygens (including phenoxy) is 2. The van der Waals surface area contributed by atoms with E-state index < -0.39 is 0 Å². The Hall–Kier alpha value is -2.21. The van der Waals surface area contributed by atoms with E-state index >= 15 is 0 Å². The van der Waals surface area contributed by atoms with E-state index in [2.05, 4.69) is 15.6 Å². The molecule has 1 amide bonds. The van der Waals surface area contributed by atoms with E-state index in [4.69, 9.17) is 21.1 Å². The molecule has 0 aliphatic carbocycles. The van der Waals surface area contributed by atoms with Crippen molar-refractivity contribution in [3.05, 3.63) is 40.2 Å². The van der Waals surface area contributed by atoms with Gasteiger partial charge in [-0.3, -0.25) is 4.79 Å². The molecule has 0 fully saturated rings. The number of nitrogens with one attached hydrogen (secondary N) is 2. The summed E-state index contributed by atoms with van der Waals surface area (Å²) in [6.07, 6.45) is 4.13. The number of hydrogen-bond acceptors (Lipinski definition) is 5. The third kappa shape index (κ3) is 2.87. The molecule has 0 saturated carbocycles. The first-order valence-corrected chi connectivity index (χ1v) is 7.22. The number of rotatable bonds is 4. The monoisotopic (exact) mass is 323 g/mol. The summed E-state index contributed by atoms with van der Waals surface area (Å²) in [5.74, 6) is 1.28. The van der Waals surface area contributed by atoms with Crippen LogP contribution in [-0.4, -0.2) is 25.0 Å². The second-order valence-electron chi connectivity index (χ2n) is 4.58. The summed E-state index contributed by atoms with van der Waals surface area (Å²) in [6, 6.07) is 0. The molecule has 1 aliphatic heterocycles. The minimum absolute atomic E-state index is 0.187. The van der Waals surface area contributed by atoms with Crippen LogP contribution in [0.5, 0.6) is 5.75 Å². The van der Waals surface area contributed by atoms with Crippen molar-refractivity contribution in [2.24, 2.45) is 0 Å². The van der Waals surface area contributed by atoms with Crippen LogP contribution in [0.4, 0.5) is 5.69 Å². The molecule has 1 aromatic rings. The number of aromatic nitrogens is 1. The summed E-state index contributed by atoms with van der Waals surface area (Å²) < 4.78 is 11.1. The first-order valence-electron chi connectivity index (χ1n) is 6.84. The Morgan fingerprint density at radius 1 is 1.59 bits per heavy atom. The molecule has 0 radical (unpaired) electrons. The summed E-state index contributed by atoms with van der Waals surface area (Å²) in [7, 11) is 3.13. The zero-order valence-corrected chi connectivity index (χ0v) is 13.7. The van der Waals surface area contributed by atoms with Gasteiger partial charge in [0.2, 0.25) is 0 Å². The molecule has 0 atom stereocenters. The first kappa shape index (κ1) is 16.2. The van der Waals surface area contributed by atoms with Gasteiger partial charge in [0, 0.05) is 13.2 Å². The SMILES string of the molecule is CC/C=C(/OC)C1=C(C)Oc2c(Cl)ncc(C(=O)NC)c2N1. The fourth-order valence-electron chi connectivity index (χ4n) is 2.12. The minimum Gasteiger partial charge on any atom is -0.495 e. The van der Waals surface area contributed by atoms with Crippen molar-refractivity contribution in [3.8, 4) is 5.75 Å². The van der Waals surface area contributed by atoms with Crippen LogP contribution in [0.1, 0.15) is 30.6 Å². The molecule has 2 N–H and O–H groups in total. The standard InChI is InChI=1S/C15H18ClN3O3/c1-5-6-10(21-4)11-8(2)22-13-12(19-11)9(15(20)17-3)7-18-14(13)16/h6-7,19H,5H2,1-4H3,(H,17,20)/b10-6+. The number of methoxy groups -OCH3 is 1. The largest absolute Gasteiger partial charge is 0.495 e. The number of carbonyl (C=O) groups excluding carboxylic acids is 1. The van der Waals surface area contributed by atoms with Crippen LogP contribution in [-0.2, 0) is 4.74 Å². The molecule has 0 unspecified atom stereocenters. The average molecular weight is 324 g/mol. The lowest BCUT2D eigenvalue weighted by Crippen LogP contribution is -2.23. The molecule has 1 aliphatic rings. The second kappa shape index (κ2) is 6.70. The van der Waals surface area contributed by atoms with Gasteiger partial charge in [0.25, 0.3) is 5.91 Å². The molecule has 2 rings (SSSR count). The average Bonchev–Trinajstić information content (AvgIpc) is 2.52. The Balaban J connectivity index is 2.54. The lowest BCUT2D eigenvalue weighted by Gasteiger charge is -2.26. The quantitative estimate of drug-likeness (QED) is 0.658. The minimum atomic E-state index is -0.283. The summed E-state index contributed by atoms with van der Waals surface area (Å²) >= 11 is 6.07. The fourth-order valence-corrected chi connectivity index (χ4v) is 2.30. The summed E-state index contributed by atoms with van der Waals surface area (Å²) in [5.41, 5.74) is 1.47. The van der Waals surface area contributed by atoms with Crippen LogP contribution in [0.2, 0.25) is 5.15 Å². The predicted octanol–water partition coefficient (Wildman–Crippen LogP) is 3.07. The Labute approximate surface area is 134 Å². The van der Waals surface area contributed by atoms with Crippen LogP contribution in [0.15, 0.2) is 29.5 Å². The van der Waals surface area contributed by atoms with Crippen molar-refractivity contribution >= 4 is 23.2 Å². The van der Waals surface area contributed by atoms with Crippen molar-refractivity contribution in [2.75, 3.05) is 19.5 Å². The zero-order valence-electron chi connectivity index (χ0n) is 12.9. The first-order chi connectivity index (χ1) is 10.5. The van der Waals surface area contributed by atoms with Gasteiger partial charge in [0.05, 0.1) is 18.4 Å². The number of fused-ring (bicyclic) bond motifs is 1. The van der Waals surface area contributed by atoms with Crippen LogP contribution < -0.4 is 15.4 Å². The molecule has 0 spiro atoms. The topological polar surface area (TPSA) is 72.5 Å². The maximum absolute atomic E-state index is 12.0. The fraction of sp³-hybridized carbons (Fsp3) is 0.333. The predicted molar refractivity (Wildman–Crippen MR) is 85.0 cm³/mol. The summed E-state index contributed by atoms with van der Waals surface area (Å²) in [6.45, 7) is 3.79. The molecule has 22 heavy (non-hydrogen) atoms. The van der Waals surface area contributed by atoms with Gasteiger partial charge < -0.3 is 20.1 Å². The molecular weight excluding hydrogens is 306 g/mol. The molecule has 0 aromatic carbocycles. The lowest BCUT2D eigenvalue weighted by molar-refractivity contribution is 0.0963. The smallest absolute Gasteiger partial charge is 0.254 e. The molecule has 6 nitrogen and oxygen atoms in total. The third-order valence-electron chi connectivity index (χ3n) is 3.18.